The fourth-order valence-electron chi connectivity index (χ4n) is 1.54. The predicted molar refractivity (Wildman–Crippen MR) is 54.7 cm³/mol. The topological polar surface area (TPSA) is 26.3 Å². The first-order valence-corrected chi connectivity index (χ1v) is 5.05. The molecule has 0 N–H and O–H groups in total. The van der Waals surface area contributed by atoms with Crippen molar-refractivity contribution in [2.45, 2.75) is 19.0 Å². The average molecular weight is 242 g/mol. The molecule has 1 aromatic carbocycles. The van der Waals surface area contributed by atoms with Crippen LogP contribution in [0.4, 0.5) is 13.2 Å². The maximum atomic E-state index is 12.3. The highest BCUT2D eigenvalue weighted by molar-refractivity contribution is 5.80. The van der Waals surface area contributed by atoms with E-state index in [4.69, 9.17) is 4.74 Å². The molecule has 0 fully saturated rings. The van der Waals surface area contributed by atoms with Crippen molar-refractivity contribution in [1.29, 1.82) is 0 Å². The van der Waals surface area contributed by atoms with Crippen LogP contribution in [-0.2, 0) is 15.7 Å². The largest absolute Gasteiger partial charge is 0.426 e. The molecule has 1 aromatic rings. The predicted octanol–water partition coefficient (Wildman–Crippen LogP) is 3.38. The van der Waals surface area contributed by atoms with Crippen molar-refractivity contribution in [1.82, 2.24) is 0 Å². The summed E-state index contributed by atoms with van der Waals surface area (Å²) >= 11 is 0. The van der Waals surface area contributed by atoms with Gasteiger partial charge in [0.1, 0.15) is 5.76 Å². The Bertz CT molecular complexity index is 458. The van der Waals surface area contributed by atoms with Crippen LogP contribution in [0.5, 0.6) is 0 Å². The molecule has 0 amide bonds. The maximum absolute atomic E-state index is 12.3. The van der Waals surface area contributed by atoms with Crippen LogP contribution in [0.2, 0.25) is 0 Å². The number of allylic oxidation sites excluding steroid dienone is 1. The van der Waals surface area contributed by atoms with Gasteiger partial charge >= 0.3 is 12.1 Å². The molecule has 0 radical (unpaired) electrons. The Hall–Kier alpha value is -1.78. The van der Waals surface area contributed by atoms with Gasteiger partial charge in [-0.25, -0.2) is 0 Å². The first-order chi connectivity index (χ1) is 7.97. The Labute approximate surface area is 95.7 Å². The Morgan fingerprint density at radius 2 is 1.76 bits per heavy atom. The van der Waals surface area contributed by atoms with Crippen LogP contribution in [0, 0.1) is 0 Å². The molecule has 2 rings (SSSR count). The maximum Gasteiger partial charge on any atom is 0.416 e. The van der Waals surface area contributed by atoms with Crippen LogP contribution < -0.4 is 0 Å². The lowest BCUT2D eigenvalue weighted by molar-refractivity contribution is -0.138. The Morgan fingerprint density at radius 1 is 1.12 bits per heavy atom. The van der Waals surface area contributed by atoms with E-state index in [1.54, 1.807) is 6.08 Å². The number of carbonyl (C=O) groups excluding carboxylic acids is 1. The summed E-state index contributed by atoms with van der Waals surface area (Å²) in [6.07, 6.45) is -1.79. The van der Waals surface area contributed by atoms with E-state index in [2.05, 4.69) is 0 Å². The van der Waals surface area contributed by atoms with Crippen LogP contribution in [0.1, 0.15) is 24.0 Å². The van der Waals surface area contributed by atoms with Crippen molar-refractivity contribution >= 4 is 11.7 Å². The van der Waals surface area contributed by atoms with Crippen LogP contribution in [0.3, 0.4) is 0 Å². The van der Waals surface area contributed by atoms with Gasteiger partial charge in [0.2, 0.25) is 0 Å². The fraction of sp³-hybridized carbons (Fsp3) is 0.250. The second kappa shape index (κ2) is 4.24. The molecule has 90 valence electrons. The molecule has 0 saturated heterocycles. The summed E-state index contributed by atoms with van der Waals surface area (Å²) in [6, 6.07) is 4.54. The molecule has 0 saturated carbocycles. The van der Waals surface area contributed by atoms with Gasteiger partial charge in [-0.1, -0.05) is 12.1 Å². The third-order valence-electron chi connectivity index (χ3n) is 2.40. The van der Waals surface area contributed by atoms with Crippen LogP contribution in [0.25, 0.3) is 5.76 Å². The van der Waals surface area contributed by atoms with E-state index < -0.39 is 11.7 Å². The van der Waals surface area contributed by atoms with Gasteiger partial charge in [0, 0.05) is 12.0 Å². The molecule has 0 atom stereocenters. The number of rotatable bonds is 1. The van der Waals surface area contributed by atoms with E-state index >= 15 is 0 Å². The summed E-state index contributed by atoms with van der Waals surface area (Å²) < 4.78 is 41.9. The van der Waals surface area contributed by atoms with Crippen molar-refractivity contribution in [2.24, 2.45) is 0 Å². The Kier molecular flexibility index (Phi) is 2.92. The highest BCUT2D eigenvalue weighted by Crippen LogP contribution is 2.30. The number of hydrogen-bond donors (Lipinski definition) is 0. The van der Waals surface area contributed by atoms with E-state index in [9.17, 15) is 18.0 Å². The summed E-state index contributed by atoms with van der Waals surface area (Å²) in [5, 5.41) is 0. The number of carbonyl (C=O) groups is 1. The summed E-state index contributed by atoms with van der Waals surface area (Å²) in [5.41, 5.74) is -0.241. The van der Waals surface area contributed by atoms with Gasteiger partial charge in [0.15, 0.2) is 0 Å². The lowest BCUT2D eigenvalue weighted by Crippen LogP contribution is -2.08. The number of halogens is 3. The average Bonchev–Trinajstić information content (AvgIpc) is 2.28. The third-order valence-corrected chi connectivity index (χ3v) is 2.40. The van der Waals surface area contributed by atoms with Gasteiger partial charge in [-0.2, -0.15) is 13.2 Å². The number of cyclic esters (lactones) is 1. The van der Waals surface area contributed by atoms with Crippen molar-refractivity contribution in [2.75, 3.05) is 0 Å². The smallest absolute Gasteiger partial charge is 0.416 e. The minimum Gasteiger partial charge on any atom is -0.426 e. The summed E-state index contributed by atoms with van der Waals surface area (Å²) in [7, 11) is 0. The van der Waals surface area contributed by atoms with Crippen LogP contribution in [0.15, 0.2) is 30.3 Å². The first kappa shape index (κ1) is 11.7. The van der Waals surface area contributed by atoms with Crippen molar-refractivity contribution < 1.29 is 22.7 Å². The molecule has 1 aliphatic rings. The summed E-state index contributed by atoms with van der Waals surface area (Å²) in [6.45, 7) is 0. The van der Waals surface area contributed by atoms with E-state index in [1.807, 2.05) is 0 Å². The molecule has 2 nitrogen and oxygen atoms in total. The number of benzene rings is 1. The second-order valence-electron chi connectivity index (χ2n) is 3.66. The molecular formula is C12H9F3O2. The molecule has 5 heteroatoms. The highest BCUT2D eigenvalue weighted by Gasteiger charge is 2.30. The zero-order valence-electron chi connectivity index (χ0n) is 8.75. The minimum absolute atomic E-state index is 0.310. The van der Waals surface area contributed by atoms with Crippen molar-refractivity contribution in [3.63, 3.8) is 0 Å². The van der Waals surface area contributed by atoms with E-state index in [1.165, 1.54) is 12.1 Å². The highest BCUT2D eigenvalue weighted by atomic mass is 19.4. The first-order valence-electron chi connectivity index (χ1n) is 5.05. The SMILES string of the molecule is O=C1CCC=C(c2ccc(C(F)(F)F)cc2)O1. The van der Waals surface area contributed by atoms with Crippen LogP contribution in [-0.4, -0.2) is 5.97 Å². The van der Waals surface area contributed by atoms with Gasteiger partial charge in [0.05, 0.1) is 5.56 Å². The molecule has 1 heterocycles. The van der Waals surface area contributed by atoms with E-state index in [-0.39, 0.29) is 5.97 Å². The Balaban J connectivity index is 2.24. The van der Waals surface area contributed by atoms with E-state index in [0.717, 1.165) is 12.1 Å². The lowest BCUT2D eigenvalue weighted by Gasteiger charge is -2.14. The molecule has 0 spiro atoms. The monoisotopic (exact) mass is 242 g/mol. The van der Waals surface area contributed by atoms with Gasteiger partial charge in [-0.05, 0) is 24.6 Å². The van der Waals surface area contributed by atoms with Gasteiger partial charge < -0.3 is 4.74 Å². The quantitative estimate of drug-likeness (QED) is 0.705. The minimum atomic E-state index is -4.35. The molecule has 0 aromatic heterocycles. The zero-order valence-corrected chi connectivity index (χ0v) is 8.75. The third kappa shape index (κ3) is 2.67. The van der Waals surface area contributed by atoms with Gasteiger partial charge in [-0.3, -0.25) is 4.79 Å². The summed E-state index contributed by atoms with van der Waals surface area (Å²) in [5.74, 6) is -0.0302. The van der Waals surface area contributed by atoms with Crippen LogP contribution >= 0.6 is 0 Å². The normalized spacial score (nSPS) is 16.4. The van der Waals surface area contributed by atoms with E-state index in [0.29, 0.717) is 24.2 Å². The van der Waals surface area contributed by atoms with Gasteiger partial charge in [-0.15, -0.1) is 0 Å². The summed E-state index contributed by atoms with van der Waals surface area (Å²) in [4.78, 5) is 11.0. The second-order valence-corrected chi connectivity index (χ2v) is 3.66. The zero-order chi connectivity index (χ0) is 12.5. The number of hydrogen-bond acceptors (Lipinski definition) is 2. The molecule has 17 heavy (non-hydrogen) atoms. The molecule has 1 aliphatic heterocycles. The number of ether oxygens (including phenoxy) is 1. The molecule has 0 unspecified atom stereocenters. The lowest BCUT2D eigenvalue weighted by atomic mass is 10.1. The van der Waals surface area contributed by atoms with Crippen molar-refractivity contribution in [3.8, 4) is 0 Å². The number of esters is 1. The molecular weight excluding hydrogens is 233 g/mol. The molecule has 0 bridgehead atoms. The number of alkyl halides is 3. The van der Waals surface area contributed by atoms with Gasteiger partial charge in [0.25, 0.3) is 0 Å². The fourth-order valence-corrected chi connectivity index (χ4v) is 1.54. The van der Waals surface area contributed by atoms with Crippen molar-refractivity contribution in [3.05, 3.63) is 41.5 Å². The molecule has 0 aliphatic carbocycles. The Morgan fingerprint density at radius 3 is 2.29 bits per heavy atom. The standard InChI is InChI=1S/C12H9F3O2/c13-12(14,15)9-6-4-8(5-7-9)10-2-1-3-11(16)17-10/h2,4-7H,1,3H2.